The summed E-state index contributed by atoms with van der Waals surface area (Å²) in [6.07, 6.45) is 4.42. The molecule has 0 aromatic rings. The van der Waals surface area contributed by atoms with Crippen LogP contribution in [0.4, 0.5) is 0 Å². The zero-order valence-electron chi connectivity index (χ0n) is 13.8. The van der Waals surface area contributed by atoms with E-state index < -0.39 is 9.84 Å². The van der Waals surface area contributed by atoms with Crippen molar-refractivity contribution in [3.8, 4) is 0 Å². The summed E-state index contributed by atoms with van der Waals surface area (Å²) in [6.45, 7) is 2.27. The third-order valence-corrected chi connectivity index (χ3v) is 7.67. The molecule has 3 rings (SSSR count). The Hall–Kier alpha value is -1.11. The number of sulfone groups is 1. The summed E-state index contributed by atoms with van der Waals surface area (Å²) in [5.74, 6) is 0.721. The fraction of sp³-hybridized carbons (Fsp3) is 0.875. The predicted molar refractivity (Wildman–Crippen MR) is 86.5 cm³/mol. The lowest BCUT2D eigenvalue weighted by Gasteiger charge is -2.46. The summed E-state index contributed by atoms with van der Waals surface area (Å²) in [5, 5.41) is 0. The average Bonchev–Trinajstić information content (AvgIpc) is 2.83. The van der Waals surface area contributed by atoms with E-state index >= 15 is 0 Å². The Morgan fingerprint density at radius 2 is 1.96 bits per heavy atom. The van der Waals surface area contributed by atoms with Crippen molar-refractivity contribution >= 4 is 21.7 Å². The smallest absolute Gasteiger partial charge is 0.222 e. The van der Waals surface area contributed by atoms with E-state index in [2.05, 4.69) is 0 Å². The van der Waals surface area contributed by atoms with Gasteiger partial charge in [0.15, 0.2) is 9.84 Å². The van der Waals surface area contributed by atoms with Gasteiger partial charge in [0, 0.05) is 39.5 Å². The Balaban J connectivity index is 1.51. The van der Waals surface area contributed by atoms with Crippen LogP contribution in [0, 0.1) is 11.3 Å². The molecule has 3 aliphatic heterocycles. The van der Waals surface area contributed by atoms with E-state index in [4.69, 9.17) is 0 Å². The molecule has 3 fully saturated rings. The number of rotatable bonds is 2. The lowest BCUT2D eigenvalue weighted by Crippen LogP contribution is -2.51. The molecular weight excluding hydrogens is 316 g/mol. The molecule has 23 heavy (non-hydrogen) atoms. The number of nitrogens with zero attached hydrogens (tertiary/aromatic N) is 2. The average molecular weight is 342 g/mol. The fourth-order valence-electron chi connectivity index (χ4n) is 4.28. The van der Waals surface area contributed by atoms with E-state index in [1.54, 1.807) is 0 Å². The number of carbonyl (C=O) groups excluding carboxylic acids is 2. The van der Waals surface area contributed by atoms with Gasteiger partial charge in [-0.2, -0.15) is 0 Å². The molecule has 0 aromatic carbocycles. The summed E-state index contributed by atoms with van der Waals surface area (Å²) in [4.78, 5) is 27.8. The van der Waals surface area contributed by atoms with Crippen molar-refractivity contribution in [2.45, 2.75) is 38.5 Å². The monoisotopic (exact) mass is 342 g/mol. The molecule has 3 heterocycles. The SMILES string of the molecule is CN1CC2(CCC1=O)CCN(C(=O)CC1CCS(=O)(=O)C1)CC2. The van der Waals surface area contributed by atoms with Crippen LogP contribution in [0.25, 0.3) is 0 Å². The predicted octanol–water partition coefficient (Wildman–Crippen LogP) is 0.672. The molecule has 3 saturated heterocycles. The lowest BCUT2D eigenvalue weighted by molar-refractivity contribution is -0.141. The molecule has 130 valence electrons. The van der Waals surface area contributed by atoms with Crippen molar-refractivity contribution in [2.75, 3.05) is 38.2 Å². The lowest BCUT2D eigenvalue weighted by atomic mass is 9.72. The Kier molecular flexibility index (Phi) is 4.42. The molecule has 1 atom stereocenters. The second-order valence-corrected chi connectivity index (χ2v) is 9.83. The summed E-state index contributed by atoms with van der Waals surface area (Å²) in [6, 6.07) is 0. The molecular formula is C16H26N2O4S. The van der Waals surface area contributed by atoms with Gasteiger partial charge in [-0.1, -0.05) is 0 Å². The largest absolute Gasteiger partial charge is 0.345 e. The third-order valence-electron chi connectivity index (χ3n) is 5.83. The first-order chi connectivity index (χ1) is 10.8. The summed E-state index contributed by atoms with van der Waals surface area (Å²) in [7, 11) is -1.05. The fourth-order valence-corrected chi connectivity index (χ4v) is 6.14. The van der Waals surface area contributed by atoms with Crippen LogP contribution in [0.1, 0.15) is 38.5 Å². The van der Waals surface area contributed by atoms with Gasteiger partial charge >= 0.3 is 0 Å². The highest BCUT2D eigenvalue weighted by Gasteiger charge is 2.41. The Morgan fingerprint density at radius 1 is 1.26 bits per heavy atom. The van der Waals surface area contributed by atoms with Gasteiger partial charge in [0.25, 0.3) is 0 Å². The summed E-state index contributed by atoms with van der Waals surface area (Å²) >= 11 is 0. The first-order valence-electron chi connectivity index (χ1n) is 8.51. The second-order valence-electron chi connectivity index (χ2n) is 7.60. The Bertz CT molecular complexity index is 593. The minimum atomic E-state index is -2.91. The van der Waals surface area contributed by atoms with Gasteiger partial charge in [-0.15, -0.1) is 0 Å². The minimum Gasteiger partial charge on any atom is -0.345 e. The van der Waals surface area contributed by atoms with Crippen LogP contribution in [0.2, 0.25) is 0 Å². The molecule has 6 nitrogen and oxygen atoms in total. The van der Waals surface area contributed by atoms with Gasteiger partial charge in [-0.25, -0.2) is 8.42 Å². The molecule has 1 spiro atoms. The van der Waals surface area contributed by atoms with Crippen LogP contribution >= 0.6 is 0 Å². The minimum absolute atomic E-state index is 0.00169. The van der Waals surface area contributed by atoms with Crippen molar-refractivity contribution in [1.82, 2.24) is 9.80 Å². The van der Waals surface area contributed by atoms with Crippen molar-refractivity contribution in [3.05, 3.63) is 0 Å². The van der Waals surface area contributed by atoms with Gasteiger partial charge in [0.05, 0.1) is 11.5 Å². The normalized spacial score (nSPS) is 30.0. The van der Waals surface area contributed by atoms with E-state index in [0.29, 0.717) is 19.3 Å². The van der Waals surface area contributed by atoms with E-state index in [-0.39, 0.29) is 34.7 Å². The van der Waals surface area contributed by atoms with Crippen LogP contribution in [0.15, 0.2) is 0 Å². The van der Waals surface area contributed by atoms with E-state index in [1.165, 1.54) is 0 Å². The number of piperidine rings is 2. The molecule has 0 bridgehead atoms. The molecule has 0 saturated carbocycles. The van der Waals surface area contributed by atoms with Gasteiger partial charge in [-0.3, -0.25) is 9.59 Å². The van der Waals surface area contributed by atoms with Crippen molar-refractivity contribution < 1.29 is 18.0 Å². The van der Waals surface area contributed by atoms with Crippen LogP contribution in [0.3, 0.4) is 0 Å². The van der Waals surface area contributed by atoms with Crippen molar-refractivity contribution in [3.63, 3.8) is 0 Å². The van der Waals surface area contributed by atoms with Crippen LogP contribution in [0.5, 0.6) is 0 Å². The zero-order valence-corrected chi connectivity index (χ0v) is 14.6. The number of amides is 2. The molecule has 0 N–H and O–H groups in total. The van der Waals surface area contributed by atoms with E-state index in [1.807, 2.05) is 16.8 Å². The maximum atomic E-state index is 12.4. The molecule has 0 radical (unpaired) electrons. The Labute approximate surface area is 138 Å². The molecule has 3 aliphatic rings. The van der Waals surface area contributed by atoms with Gasteiger partial charge in [0.1, 0.15) is 0 Å². The van der Waals surface area contributed by atoms with Crippen LogP contribution in [-0.2, 0) is 19.4 Å². The number of carbonyl (C=O) groups is 2. The molecule has 7 heteroatoms. The van der Waals surface area contributed by atoms with E-state index in [0.717, 1.165) is 38.9 Å². The molecule has 1 unspecified atom stereocenters. The summed E-state index contributed by atoms with van der Waals surface area (Å²) in [5.41, 5.74) is 0.177. The molecule has 0 aliphatic carbocycles. The number of hydrogen-bond donors (Lipinski definition) is 0. The quantitative estimate of drug-likeness (QED) is 0.739. The Morgan fingerprint density at radius 3 is 2.52 bits per heavy atom. The number of likely N-dealkylation sites (tertiary alicyclic amines) is 2. The highest BCUT2D eigenvalue weighted by Crippen LogP contribution is 2.40. The number of hydrogen-bond acceptors (Lipinski definition) is 4. The third kappa shape index (κ3) is 3.70. The first kappa shape index (κ1) is 16.7. The molecule has 0 aromatic heterocycles. The standard InChI is InChI=1S/C16H26N2O4S/c1-17-12-16(4-2-14(17)19)5-7-18(8-6-16)15(20)10-13-3-9-23(21,22)11-13/h13H,2-12H2,1H3. The highest BCUT2D eigenvalue weighted by atomic mass is 32.2. The van der Waals surface area contributed by atoms with Gasteiger partial charge < -0.3 is 9.80 Å². The van der Waals surface area contributed by atoms with Crippen LogP contribution < -0.4 is 0 Å². The van der Waals surface area contributed by atoms with Gasteiger partial charge in [-0.05, 0) is 37.0 Å². The zero-order chi connectivity index (χ0) is 16.7. The van der Waals surface area contributed by atoms with Gasteiger partial charge in [0.2, 0.25) is 11.8 Å². The summed E-state index contributed by atoms with van der Waals surface area (Å²) < 4.78 is 23.0. The maximum absolute atomic E-state index is 12.4. The van der Waals surface area contributed by atoms with E-state index in [9.17, 15) is 18.0 Å². The van der Waals surface area contributed by atoms with Crippen LogP contribution in [-0.4, -0.2) is 68.2 Å². The second kappa shape index (κ2) is 6.07. The molecule has 2 amide bonds. The van der Waals surface area contributed by atoms with Crippen molar-refractivity contribution in [2.24, 2.45) is 11.3 Å². The maximum Gasteiger partial charge on any atom is 0.222 e. The highest BCUT2D eigenvalue weighted by molar-refractivity contribution is 7.91. The topological polar surface area (TPSA) is 74.8 Å². The first-order valence-corrected chi connectivity index (χ1v) is 10.3. The van der Waals surface area contributed by atoms with Crippen molar-refractivity contribution in [1.29, 1.82) is 0 Å².